The van der Waals surface area contributed by atoms with E-state index in [1.54, 1.807) is 0 Å². The highest BCUT2D eigenvalue weighted by atomic mass is 32.1. The van der Waals surface area contributed by atoms with Crippen LogP contribution in [0.5, 0.6) is 0 Å². The summed E-state index contributed by atoms with van der Waals surface area (Å²) in [5.41, 5.74) is 5.19. The van der Waals surface area contributed by atoms with Crippen molar-refractivity contribution in [1.82, 2.24) is 15.4 Å². The third-order valence-corrected chi connectivity index (χ3v) is 3.95. The molecule has 0 radical (unpaired) electrons. The fourth-order valence-electron chi connectivity index (χ4n) is 2.05. The fourth-order valence-corrected chi connectivity index (χ4v) is 2.60. The molecule has 146 valence electrons. The van der Waals surface area contributed by atoms with Gasteiger partial charge in [-0.3, -0.25) is 14.4 Å². The molecule has 1 aromatic heterocycles. The second-order valence-corrected chi connectivity index (χ2v) is 6.09. The summed E-state index contributed by atoms with van der Waals surface area (Å²) < 4.78 is 0. The van der Waals surface area contributed by atoms with Gasteiger partial charge in [-0.1, -0.05) is 5.16 Å². The second kappa shape index (κ2) is 8.41. The first-order chi connectivity index (χ1) is 12.7. The minimum atomic E-state index is -1.30. The molecule has 1 saturated heterocycles. The molecule has 2 amide bonds. The number of carbonyl (C=O) groups excluding carboxylic acids is 2. The highest BCUT2D eigenvalue weighted by molar-refractivity contribution is 7.13. The van der Waals surface area contributed by atoms with Gasteiger partial charge in [0.15, 0.2) is 17.5 Å². The van der Waals surface area contributed by atoms with E-state index in [0.717, 1.165) is 16.4 Å². The number of nitrogen functional groups attached to an aromatic ring is 1. The monoisotopic (exact) mass is 401 g/mol. The number of carboxylic acids is 2. The van der Waals surface area contributed by atoms with E-state index >= 15 is 0 Å². The number of carbonyl (C=O) groups is 4. The number of hydrogen-bond donors (Lipinski definition) is 4. The molecule has 0 saturated carbocycles. The first-order valence-corrected chi connectivity index (χ1v) is 8.20. The van der Waals surface area contributed by atoms with E-state index in [0.29, 0.717) is 0 Å². The number of β-lactam (4-membered cyclic amide) rings is 1. The van der Waals surface area contributed by atoms with Crippen LogP contribution in [-0.4, -0.2) is 75.0 Å². The van der Waals surface area contributed by atoms with Crippen LogP contribution in [0.1, 0.15) is 12.6 Å². The van der Waals surface area contributed by atoms with Gasteiger partial charge >= 0.3 is 11.9 Å². The molecule has 2 atom stereocenters. The zero-order chi connectivity index (χ0) is 20.1. The summed E-state index contributed by atoms with van der Waals surface area (Å²) in [7, 11) is 0. The largest absolute Gasteiger partial charge is 0.479 e. The van der Waals surface area contributed by atoms with Crippen molar-refractivity contribution in [3.05, 3.63) is 11.1 Å². The summed E-state index contributed by atoms with van der Waals surface area (Å²) in [4.78, 5) is 58.7. The number of rotatable bonds is 9. The van der Waals surface area contributed by atoms with E-state index in [9.17, 15) is 19.2 Å². The molecule has 14 heteroatoms. The van der Waals surface area contributed by atoms with Crippen molar-refractivity contribution in [2.45, 2.75) is 19.0 Å². The van der Waals surface area contributed by atoms with Crippen LogP contribution in [0, 0.1) is 0 Å². The van der Waals surface area contributed by atoms with Crippen LogP contribution < -0.4 is 11.1 Å². The van der Waals surface area contributed by atoms with Crippen molar-refractivity contribution in [3.63, 3.8) is 0 Å². The number of nitrogens with one attached hydrogen (secondary N) is 1. The van der Waals surface area contributed by atoms with E-state index in [1.165, 1.54) is 12.3 Å². The van der Waals surface area contributed by atoms with E-state index in [2.05, 4.69) is 20.3 Å². The predicted octanol–water partition coefficient (Wildman–Crippen LogP) is -1.74. The summed E-state index contributed by atoms with van der Waals surface area (Å²) in [6.07, 6.45) is 0. The molecule has 1 aliphatic rings. The van der Waals surface area contributed by atoms with E-state index in [4.69, 9.17) is 20.8 Å². The Morgan fingerprint density at radius 1 is 1.37 bits per heavy atom. The van der Waals surface area contributed by atoms with Crippen LogP contribution in [0.25, 0.3) is 0 Å². The molecule has 1 fully saturated rings. The zero-order valence-electron chi connectivity index (χ0n) is 13.8. The fraction of sp³-hybridized carbons (Fsp3) is 0.385. The lowest BCUT2D eigenvalue weighted by Crippen LogP contribution is -2.70. The Labute approximate surface area is 155 Å². The first-order valence-electron chi connectivity index (χ1n) is 7.32. The molecule has 0 unspecified atom stereocenters. The van der Waals surface area contributed by atoms with Gasteiger partial charge in [0.2, 0.25) is 6.61 Å². The van der Waals surface area contributed by atoms with Gasteiger partial charge in [-0.15, -0.1) is 11.3 Å². The third-order valence-electron chi connectivity index (χ3n) is 3.27. The Kier molecular flexibility index (Phi) is 6.25. The number of hydroxylamine groups is 2. The molecule has 2 heterocycles. The Bertz CT molecular complexity index is 793. The first kappa shape index (κ1) is 20.1. The molecule has 1 aliphatic heterocycles. The smallest absolute Gasteiger partial charge is 0.344 e. The normalized spacial score (nSPS) is 19.4. The summed E-state index contributed by atoms with van der Waals surface area (Å²) in [5.74, 6) is -4.06. The Balaban J connectivity index is 2.06. The number of thiazole rings is 1. The Morgan fingerprint density at radius 2 is 2.04 bits per heavy atom. The SMILES string of the molecule is C[C@H]1[C@H](NC(=O)/C(=N\OCC(=O)O)c2csc(N)n2)C(=O)N1OCC(=O)O. The van der Waals surface area contributed by atoms with Crippen LogP contribution >= 0.6 is 11.3 Å². The summed E-state index contributed by atoms with van der Waals surface area (Å²) in [5, 5.41) is 25.4. The molecule has 13 nitrogen and oxygen atoms in total. The number of nitrogens with zero attached hydrogens (tertiary/aromatic N) is 3. The molecule has 2 rings (SSSR count). The number of aliphatic carboxylic acids is 2. The molecule has 0 spiro atoms. The standard InChI is InChI=1S/C13H15N5O8S/c1-5-9(12(24)18(5)26-3-8(21)22)16-11(23)10(17-25-2-7(19)20)6-4-27-13(14)15-6/h4-5,9H,2-3H2,1H3,(H2,14,15)(H,16,23)(H,19,20)(H,21,22)/b17-10-/t5-,9-/m0/s1. The van der Waals surface area contributed by atoms with Gasteiger partial charge in [0, 0.05) is 5.38 Å². The van der Waals surface area contributed by atoms with Gasteiger partial charge in [0.05, 0.1) is 6.04 Å². The minimum Gasteiger partial charge on any atom is -0.479 e. The van der Waals surface area contributed by atoms with Gasteiger partial charge in [0.1, 0.15) is 11.7 Å². The Morgan fingerprint density at radius 3 is 2.56 bits per heavy atom. The van der Waals surface area contributed by atoms with Crippen LogP contribution in [0.15, 0.2) is 10.5 Å². The van der Waals surface area contributed by atoms with Gasteiger partial charge < -0.3 is 26.1 Å². The van der Waals surface area contributed by atoms with E-state index in [1.807, 2.05) is 0 Å². The van der Waals surface area contributed by atoms with Gasteiger partial charge in [-0.25, -0.2) is 19.6 Å². The van der Waals surface area contributed by atoms with Gasteiger partial charge in [-0.05, 0) is 6.92 Å². The van der Waals surface area contributed by atoms with Crippen LogP contribution in [0.2, 0.25) is 0 Å². The van der Waals surface area contributed by atoms with Gasteiger partial charge in [-0.2, -0.15) is 0 Å². The molecule has 1 aromatic rings. The number of anilines is 1. The van der Waals surface area contributed by atoms with E-state index in [-0.39, 0.29) is 16.5 Å². The molecule has 5 N–H and O–H groups in total. The molecular formula is C13H15N5O8S. The van der Waals surface area contributed by atoms with Crippen molar-refractivity contribution in [3.8, 4) is 0 Å². The van der Waals surface area contributed by atoms with Crippen molar-refractivity contribution >= 4 is 45.9 Å². The molecule has 0 bridgehead atoms. The second-order valence-electron chi connectivity index (χ2n) is 5.20. The van der Waals surface area contributed by atoms with Crippen molar-refractivity contribution in [1.29, 1.82) is 0 Å². The van der Waals surface area contributed by atoms with Crippen LogP contribution in [0.4, 0.5) is 5.13 Å². The zero-order valence-corrected chi connectivity index (χ0v) is 14.6. The molecule has 0 aromatic carbocycles. The summed E-state index contributed by atoms with van der Waals surface area (Å²) in [6, 6.07) is -1.63. The predicted molar refractivity (Wildman–Crippen MR) is 88.5 cm³/mol. The number of carboxylic acid groups (broad SMARTS) is 2. The lowest BCUT2D eigenvalue weighted by atomic mass is 10.00. The Hall–Kier alpha value is -3.26. The molecule has 27 heavy (non-hydrogen) atoms. The average Bonchev–Trinajstić information content (AvgIpc) is 3.02. The summed E-state index contributed by atoms with van der Waals surface area (Å²) >= 11 is 1.02. The lowest BCUT2D eigenvalue weighted by Gasteiger charge is -2.43. The lowest BCUT2D eigenvalue weighted by molar-refractivity contribution is -0.233. The van der Waals surface area contributed by atoms with E-state index < -0.39 is 49.1 Å². The number of hydrogen-bond acceptors (Lipinski definition) is 10. The average molecular weight is 401 g/mol. The number of aromatic nitrogens is 1. The molecule has 0 aliphatic carbocycles. The number of oxime groups is 1. The van der Waals surface area contributed by atoms with Crippen LogP contribution in [0.3, 0.4) is 0 Å². The minimum absolute atomic E-state index is 0.0406. The maximum Gasteiger partial charge on any atom is 0.344 e. The topological polar surface area (TPSA) is 194 Å². The van der Waals surface area contributed by atoms with Crippen molar-refractivity contribution in [2.24, 2.45) is 5.16 Å². The summed E-state index contributed by atoms with van der Waals surface area (Å²) in [6.45, 7) is 0.0450. The number of nitrogens with two attached hydrogens (primary N) is 1. The van der Waals surface area contributed by atoms with Crippen LogP contribution in [-0.2, 0) is 28.9 Å². The van der Waals surface area contributed by atoms with Crippen molar-refractivity contribution in [2.75, 3.05) is 18.9 Å². The maximum absolute atomic E-state index is 12.4. The molecular weight excluding hydrogens is 386 g/mol. The quantitative estimate of drug-likeness (QED) is 0.210. The van der Waals surface area contributed by atoms with Crippen molar-refractivity contribution < 1.29 is 39.1 Å². The highest BCUT2D eigenvalue weighted by Crippen LogP contribution is 2.20. The number of amides is 2. The van der Waals surface area contributed by atoms with Gasteiger partial charge in [0.25, 0.3) is 11.8 Å². The maximum atomic E-state index is 12.4. The highest BCUT2D eigenvalue weighted by Gasteiger charge is 2.47. The third kappa shape index (κ3) is 4.89.